The number of nitrogens with zero attached hydrogens (tertiary/aromatic N) is 2. The summed E-state index contributed by atoms with van der Waals surface area (Å²) in [4.78, 5) is 10.6. The van der Waals surface area contributed by atoms with Gasteiger partial charge in [0, 0.05) is 32.0 Å². The van der Waals surface area contributed by atoms with E-state index in [1.807, 2.05) is 17.6 Å². The van der Waals surface area contributed by atoms with Crippen molar-refractivity contribution >= 4 is 43.4 Å². The van der Waals surface area contributed by atoms with E-state index in [1.165, 1.54) is 53.6 Å². The Labute approximate surface area is 225 Å². The van der Waals surface area contributed by atoms with Gasteiger partial charge in [-0.3, -0.25) is 9.98 Å². The van der Waals surface area contributed by atoms with Crippen molar-refractivity contribution in [1.29, 1.82) is 0 Å². The topological polar surface area (TPSA) is 24.7 Å². The van der Waals surface area contributed by atoms with Crippen LogP contribution in [0.15, 0.2) is 125 Å². The zero-order valence-corrected chi connectivity index (χ0v) is 21.7. The average molecular weight is 505 g/mol. The summed E-state index contributed by atoms with van der Waals surface area (Å²) in [5.74, 6) is 0. The summed E-state index contributed by atoms with van der Waals surface area (Å²) in [5.41, 5.74) is 9.03. The van der Waals surface area contributed by atoms with Crippen LogP contribution < -0.4 is 0 Å². The predicted molar refractivity (Wildman–Crippen MR) is 162 cm³/mol. The highest BCUT2D eigenvalue weighted by molar-refractivity contribution is 7.25. The Balaban J connectivity index is 1.23. The first kappa shape index (κ1) is 21.7. The van der Waals surface area contributed by atoms with Gasteiger partial charge in [0.25, 0.3) is 0 Å². The fraction of sp³-hybridized carbons (Fsp3) is 0.0857. The molecule has 38 heavy (non-hydrogen) atoms. The van der Waals surface area contributed by atoms with E-state index in [9.17, 15) is 0 Å². The van der Waals surface area contributed by atoms with Crippen molar-refractivity contribution in [3.63, 3.8) is 0 Å². The third-order valence-corrected chi connectivity index (χ3v) is 9.29. The molecular weight excluding hydrogens is 480 g/mol. The highest BCUT2D eigenvalue weighted by Gasteiger charge is 2.44. The van der Waals surface area contributed by atoms with Crippen LogP contribution >= 0.6 is 11.3 Å². The summed E-state index contributed by atoms with van der Waals surface area (Å²) in [6, 6.07) is 41.5. The van der Waals surface area contributed by atoms with Crippen LogP contribution in [0.1, 0.15) is 29.7 Å². The van der Waals surface area contributed by atoms with Gasteiger partial charge >= 0.3 is 0 Å². The van der Waals surface area contributed by atoms with Gasteiger partial charge in [0.05, 0.1) is 5.71 Å². The molecule has 0 amide bonds. The van der Waals surface area contributed by atoms with Crippen LogP contribution in [0.2, 0.25) is 0 Å². The van der Waals surface area contributed by atoms with E-state index in [-0.39, 0.29) is 6.04 Å². The van der Waals surface area contributed by atoms with E-state index >= 15 is 0 Å². The Bertz CT molecular complexity index is 1960. The first-order valence-corrected chi connectivity index (χ1v) is 13.8. The zero-order valence-electron chi connectivity index (χ0n) is 20.9. The maximum atomic E-state index is 5.37. The minimum Gasteiger partial charge on any atom is -0.277 e. The van der Waals surface area contributed by atoms with Crippen LogP contribution in [0.25, 0.3) is 42.4 Å². The van der Waals surface area contributed by atoms with Gasteiger partial charge in [-0.25, -0.2) is 0 Å². The summed E-state index contributed by atoms with van der Waals surface area (Å²) in [6.45, 7) is 2.22. The Morgan fingerprint density at radius 2 is 1.37 bits per heavy atom. The molecule has 0 N–H and O–H groups in total. The number of thiophene rings is 1. The Kier molecular flexibility index (Phi) is 4.62. The third-order valence-electron chi connectivity index (χ3n) is 8.14. The molecule has 2 aliphatic rings. The molecule has 2 atom stereocenters. The molecule has 6 aromatic rings. The molecule has 0 saturated carbocycles. The van der Waals surface area contributed by atoms with Gasteiger partial charge in [-0.15, -0.1) is 11.3 Å². The fourth-order valence-electron chi connectivity index (χ4n) is 6.21. The number of hydrogen-bond donors (Lipinski definition) is 0. The van der Waals surface area contributed by atoms with Crippen molar-refractivity contribution in [3.8, 4) is 22.3 Å². The number of aliphatic imine (C=N–C) groups is 2. The Hall–Kier alpha value is -4.34. The minimum absolute atomic E-state index is 0.0641. The number of hydrogen-bond acceptors (Lipinski definition) is 3. The van der Waals surface area contributed by atoms with Crippen molar-refractivity contribution in [2.24, 2.45) is 9.98 Å². The zero-order chi connectivity index (χ0) is 25.3. The molecule has 180 valence electrons. The van der Waals surface area contributed by atoms with Crippen molar-refractivity contribution in [3.05, 3.63) is 132 Å². The predicted octanol–water partition coefficient (Wildman–Crippen LogP) is 9.23. The van der Waals surface area contributed by atoms with E-state index < -0.39 is 5.54 Å². The van der Waals surface area contributed by atoms with Gasteiger partial charge < -0.3 is 0 Å². The average Bonchev–Trinajstić information content (AvgIpc) is 3.35. The summed E-state index contributed by atoms with van der Waals surface area (Å²) in [6.07, 6.45) is 1.98. The monoisotopic (exact) mass is 504 g/mol. The van der Waals surface area contributed by atoms with Gasteiger partial charge in [-0.2, -0.15) is 0 Å². The van der Waals surface area contributed by atoms with Crippen molar-refractivity contribution in [2.75, 3.05) is 0 Å². The second kappa shape index (κ2) is 8.08. The van der Waals surface area contributed by atoms with Gasteiger partial charge in [-0.1, -0.05) is 91.0 Å². The minimum atomic E-state index is -0.420. The molecule has 5 aromatic carbocycles. The second-order valence-electron chi connectivity index (χ2n) is 10.3. The summed E-state index contributed by atoms with van der Waals surface area (Å²) >= 11 is 1.85. The molecule has 1 aromatic heterocycles. The highest BCUT2D eigenvalue weighted by atomic mass is 32.1. The van der Waals surface area contributed by atoms with E-state index in [1.54, 1.807) is 0 Å². The number of benzene rings is 5. The van der Waals surface area contributed by atoms with Gasteiger partial charge in [0.15, 0.2) is 0 Å². The quantitative estimate of drug-likeness (QED) is 0.224. The molecule has 2 unspecified atom stereocenters. The molecule has 0 fully saturated rings. The van der Waals surface area contributed by atoms with Crippen molar-refractivity contribution < 1.29 is 0 Å². The summed E-state index contributed by atoms with van der Waals surface area (Å²) < 4.78 is 2.66. The molecule has 0 spiro atoms. The van der Waals surface area contributed by atoms with Crippen LogP contribution in [0, 0.1) is 0 Å². The van der Waals surface area contributed by atoms with E-state index in [4.69, 9.17) is 9.98 Å². The first-order valence-electron chi connectivity index (χ1n) is 13.0. The fourth-order valence-corrected chi connectivity index (χ4v) is 7.29. The van der Waals surface area contributed by atoms with Gasteiger partial charge in [-0.05, 0) is 64.6 Å². The molecule has 3 heteroatoms. The Morgan fingerprint density at radius 3 is 2.32 bits per heavy atom. The van der Waals surface area contributed by atoms with Crippen molar-refractivity contribution in [2.45, 2.75) is 18.5 Å². The van der Waals surface area contributed by atoms with Crippen LogP contribution in [0.5, 0.6) is 0 Å². The lowest BCUT2D eigenvalue weighted by molar-refractivity contribution is 0.396. The first-order chi connectivity index (χ1) is 18.7. The standard InChI is InChI=1S/C35H24N2S/c1-35-30-15-6-4-12-26(30)25-11-2-3-14-28(25)34(35)37-31(21-36-35)24-10-8-9-22(19-24)23-17-18-33-29(20-23)27-13-5-7-16-32(27)38-33/h2-21,34H,1H3. The molecule has 8 rings (SSSR count). The van der Waals surface area contributed by atoms with Crippen LogP contribution in [0.3, 0.4) is 0 Å². The Morgan fingerprint density at radius 1 is 0.632 bits per heavy atom. The van der Waals surface area contributed by atoms with Crippen LogP contribution in [0.4, 0.5) is 0 Å². The summed E-state index contributed by atoms with van der Waals surface area (Å²) in [7, 11) is 0. The van der Waals surface area contributed by atoms with E-state index in [2.05, 4.69) is 122 Å². The lowest BCUT2D eigenvalue weighted by Gasteiger charge is -2.41. The SMILES string of the molecule is CC12N=CC(c3cccc(-c4ccc5sc6ccccc6c5c4)c3)=NC1c1ccccc1-c1ccccc12. The molecule has 2 nitrogen and oxygen atoms in total. The van der Waals surface area contributed by atoms with E-state index in [0.717, 1.165) is 11.3 Å². The number of rotatable bonds is 2. The maximum Gasteiger partial charge on any atom is 0.110 e. The van der Waals surface area contributed by atoms with Gasteiger partial charge in [0.1, 0.15) is 11.6 Å². The van der Waals surface area contributed by atoms with Crippen LogP contribution in [-0.2, 0) is 5.54 Å². The smallest absolute Gasteiger partial charge is 0.110 e. The van der Waals surface area contributed by atoms with Gasteiger partial charge in [0.2, 0.25) is 0 Å². The normalized spacial score (nSPS) is 19.6. The number of fused-ring (bicyclic) bond motifs is 9. The lowest BCUT2D eigenvalue weighted by Crippen LogP contribution is -2.35. The molecule has 0 saturated heterocycles. The molecule has 1 aliphatic heterocycles. The molecular formula is C35H24N2S. The lowest BCUT2D eigenvalue weighted by atomic mass is 9.71. The largest absolute Gasteiger partial charge is 0.277 e. The second-order valence-corrected chi connectivity index (χ2v) is 11.4. The molecule has 0 bridgehead atoms. The maximum absolute atomic E-state index is 5.37. The molecule has 0 radical (unpaired) electrons. The highest BCUT2D eigenvalue weighted by Crippen LogP contribution is 2.52. The van der Waals surface area contributed by atoms with Crippen molar-refractivity contribution in [1.82, 2.24) is 0 Å². The van der Waals surface area contributed by atoms with Crippen LogP contribution in [-0.4, -0.2) is 11.9 Å². The summed E-state index contributed by atoms with van der Waals surface area (Å²) in [5, 5.41) is 2.64. The molecule has 2 heterocycles. The third kappa shape index (κ3) is 3.12. The van der Waals surface area contributed by atoms with E-state index in [0.29, 0.717) is 0 Å². The molecule has 1 aliphatic carbocycles.